The molecule has 0 aromatic rings. The first kappa shape index (κ1) is 18.0. The number of thioether (sulfide) groups is 1. The molecule has 0 radical (unpaired) electrons. The summed E-state index contributed by atoms with van der Waals surface area (Å²) in [6, 6.07) is 0.200. The summed E-state index contributed by atoms with van der Waals surface area (Å²) in [5.74, 6) is 1.95. The number of carbonyl (C=O) groups excluding carboxylic acids is 1. The number of amides is 1. The number of sulfonamides is 1. The fourth-order valence-corrected chi connectivity index (χ4v) is 4.37. The lowest BCUT2D eigenvalue weighted by Crippen LogP contribution is -2.50. The summed E-state index contributed by atoms with van der Waals surface area (Å²) < 4.78 is 24.2. The predicted octanol–water partition coefficient (Wildman–Crippen LogP) is 0.308. The fraction of sp³-hybridized carbons (Fsp3) is 0.929. The summed E-state index contributed by atoms with van der Waals surface area (Å²) in [6.45, 7) is 3.84. The third-order valence-corrected chi connectivity index (χ3v) is 6.81. The molecule has 1 atom stereocenters. The van der Waals surface area contributed by atoms with E-state index in [1.807, 2.05) is 16.7 Å². The molecule has 1 amide bonds. The van der Waals surface area contributed by atoms with Crippen LogP contribution in [0.25, 0.3) is 0 Å². The summed E-state index contributed by atoms with van der Waals surface area (Å²) in [6.07, 6.45) is 4.60. The highest BCUT2D eigenvalue weighted by Gasteiger charge is 2.29. The maximum atomic E-state index is 12.6. The number of likely N-dealkylation sites (N-methyl/N-ethyl adjacent to an activating group) is 1. The van der Waals surface area contributed by atoms with Crippen LogP contribution in [0, 0.1) is 0 Å². The highest BCUT2D eigenvalue weighted by atomic mass is 32.2. The third kappa shape index (κ3) is 5.11. The summed E-state index contributed by atoms with van der Waals surface area (Å²) >= 11 is 1.90. The van der Waals surface area contributed by atoms with Gasteiger partial charge in [0.1, 0.15) is 0 Å². The first-order valence-electron chi connectivity index (χ1n) is 7.89. The second-order valence-electron chi connectivity index (χ2n) is 6.20. The Morgan fingerprint density at radius 3 is 2.55 bits per heavy atom. The minimum absolute atomic E-state index is 0.0556. The van der Waals surface area contributed by atoms with Crippen molar-refractivity contribution >= 4 is 27.7 Å². The normalized spacial score (nSPS) is 24.7. The molecule has 0 saturated carbocycles. The lowest BCUT2D eigenvalue weighted by molar-refractivity contribution is -0.133. The van der Waals surface area contributed by atoms with E-state index in [1.54, 1.807) is 0 Å². The second kappa shape index (κ2) is 7.99. The zero-order valence-corrected chi connectivity index (χ0v) is 15.2. The number of carbonyl (C=O) groups is 1. The summed E-state index contributed by atoms with van der Waals surface area (Å²) in [7, 11) is -1.85. The largest absolute Gasteiger partial charge is 0.336 e. The Hall–Kier alpha value is -0.310. The van der Waals surface area contributed by atoms with Crippen LogP contribution >= 0.6 is 11.8 Å². The van der Waals surface area contributed by atoms with Crippen LogP contribution in [-0.2, 0) is 14.8 Å². The summed E-state index contributed by atoms with van der Waals surface area (Å²) in [5.41, 5.74) is 0. The monoisotopic (exact) mass is 349 g/mol. The molecule has 0 spiro atoms. The van der Waals surface area contributed by atoms with Crippen molar-refractivity contribution in [2.75, 3.05) is 57.5 Å². The van der Waals surface area contributed by atoms with E-state index in [0.29, 0.717) is 0 Å². The summed E-state index contributed by atoms with van der Waals surface area (Å²) in [4.78, 5) is 16.9. The van der Waals surface area contributed by atoms with Gasteiger partial charge in [-0.05, 0) is 38.1 Å². The molecule has 0 aliphatic carbocycles. The van der Waals surface area contributed by atoms with Crippen molar-refractivity contribution < 1.29 is 13.2 Å². The molecule has 2 fully saturated rings. The van der Waals surface area contributed by atoms with E-state index in [0.717, 1.165) is 54.7 Å². The molecule has 6 nitrogen and oxygen atoms in total. The first-order valence-corrected chi connectivity index (χ1v) is 10.9. The Morgan fingerprint density at radius 1 is 1.23 bits per heavy atom. The van der Waals surface area contributed by atoms with Crippen molar-refractivity contribution in [2.45, 2.75) is 25.3 Å². The predicted molar refractivity (Wildman–Crippen MR) is 90.6 cm³/mol. The fourth-order valence-electron chi connectivity index (χ4n) is 2.97. The Kier molecular flexibility index (Phi) is 6.55. The molecule has 1 unspecified atom stereocenters. The van der Waals surface area contributed by atoms with Crippen molar-refractivity contribution in [3.63, 3.8) is 0 Å². The van der Waals surface area contributed by atoms with Gasteiger partial charge in [-0.15, -0.1) is 0 Å². The van der Waals surface area contributed by atoms with Gasteiger partial charge < -0.3 is 9.80 Å². The minimum Gasteiger partial charge on any atom is -0.336 e. The van der Waals surface area contributed by atoms with E-state index in [1.165, 1.54) is 19.9 Å². The van der Waals surface area contributed by atoms with E-state index in [4.69, 9.17) is 0 Å². The van der Waals surface area contributed by atoms with Gasteiger partial charge in [-0.1, -0.05) is 0 Å². The zero-order valence-electron chi connectivity index (χ0n) is 13.5. The molecule has 0 bridgehead atoms. The van der Waals surface area contributed by atoms with Gasteiger partial charge in [0, 0.05) is 25.9 Å². The molecular weight excluding hydrogens is 322 g/mol. The maximum absolute atomic E-state index is 12.6. The maximum Gasteiger partial charge on any atom is 0.238 e. The molecule has 2 saturated heterocycles. The Bertz CT molecular complexity index is 478. The second-order valence-corrected chi connectivity index (χ2v) is 9.44. The lowest BCUT2D eigenvalue weighted by Gasteiger charge is -2.33. The van der Waals surface area contributed by atoms with Crippen LogP contribution in [0.1, 0.15) is 19.3 Å². The van der Waals surface area contributed by atoms with Crippen LogP contribution in [0.4, 0.5) is 0 Å². The van der Waals surface area contributed by atoms with Gasteiger partial charge in [-0.2, -0.15) is 16.1 Å². The Labute approximate surface area is 138 Å². The first-order chi connectivity index (χ1) is 10.4. The number of hydrogen-bond donors (Lipinski definition) is 0. The molecule has 0 aromatic heterocycles. The van der Waals surface area contributed by atoms with Gasteiger partial charge in [0.05, 0.1) is 18.8 Å². The highest BCUT2D eigenvalue weighted by molar-refractivity contribution is 7.99. The van der Waals surface area contributed by atoms with Crippen LogP contribution < -0.4 is 0 Å². The van der Waals surface area contributed by atoms with Crippen molar-refractivity contribution in [1.82, 2.24) is 14.1 Å². The Balaban J connectivity index is 2.00. The van der Waals surface area contributed by atoms with E-state index >= 15 is 0 Å². The quantitative estimate of drug-likeness (QED) is 0.715. The zero-order chi connectivity index (χ0) is 16.2. The lowest BCUT2D eigenvalue weighted by atomic mass is 10.2. The average molecular weight is 350 g/mol. The van der Waals surface area contributed by atoms with Crippen LogP contribution in [0.2, 0.25) is 0 Å². The average Bonchev–Trinajstić information content (AvgIpc) is 2.82. The highest BCUT2D eigenvalue weighted by Crippen LogP contribution is 2.19. The van der Waals surface area contributed by atoms with E-state index < -0.39 is 10.0 Å². The van der Waals surface area contributed by atoms with Gasteiger partial charge in [-0.25, -0.2) is 8.42 Å². The van der Waals surface area contributed by atoms with Crippen LogP contribution in [0.15, 0.2) is 0 Å². The van der Waals surface area contributed by atoms with E-state index in [-0.39, 0.29) is 18.5 Å². The standard InChI is InChI=1S/C14H27N3O3S2/c1-15(22(2,19)20)11-14(18)17-8-5-9-21-12-13(17)10-16-6-3-4-7-16/h13H,3-12H2,1-2H3. The molecule has 0 aromatic carbocycles. The van der Waals surface area contributed by atoms with Crippen molar-refractivity contribution in [3.8, 4) is 0 Å². The number of likely N-dealkylation sites (tertiary alicyclic amines) is 1. The van der Waals surface area contributed by atoms with Crippen LogP contribution in [-0.4, -0.2) is 92.0 Å². The van der Waals surface area contributed by atoms with Crippen molar-refractivity contribution in [2.24, 2.45) is 0 Å². The molecule has 2 heterocycles. The van der Waals surface area contributed by atoms with Gasteiger partial charge in [0.15, 0.2) is 0 Å². The SMILES string of the molecule is CN(CC(=O)N1CCCSCC1CN1CCCC1)S(C)(=O)=O. The van der Waals surface area contributed by atoms with Gasteiger partial charge in [0.25, 0.3) is 0 Å². The third-order valence-electron chi connectivity index (χ3n) is 4.35. The molecular formula is C14H27N3O3S2. The van der Waals surface area contributed by atoms with Crippen LogP contribution in [0.5, 0.6) is 0 Å². The molecule has 128 valence electrons. The molecule has 0 N–H and O–H groups in total. The van der Waals surface area contributed by atoms with Gasteiger partial charge in [0.2, 0.25) is 15.9 Å². The Morgan fingerprint density at radius 2 is 1.91 bits per heavy atom. The topological polar surface area (TPSA) is 60.9 Å². The molecule has 2 aliphatic rings. The number of rotatable bonds is 5. The van der Waals surface area contributed by atoms with Crippen LogP contribution in [0.3, 0.4) is 0 Å². The van der Waals surface area contributed by atoms with E-state index in [9.17, 15) is 13.2 Å². The van der Waals surface area contributed by atoms with Gasteiger partial charge in [-0.3, -0.25) is 4.79 Å². The van der Waals surface area contributed by atoms with Gasteiger partial charge >= 0.3 is 0 Å². The number of nitrogens with zero attached hydrogens (tertiary/aromatic N) is 3. The van der Waals surface area contributed by atoms with Crippen molar-refractivity contribution in [1.29, 1.82) is 0 Å². The molecule has 8 heteroatoms. The molecule has 22 heavy (non-hydrogen) atoms. The number of hydrogen-bond acceptors (Lipinski definition) is 5. The molecule has 2 aliphatic heterocycles. The minimum atomic E-state index is -3.32. The summed E-state index contributed by atoms with van der Waals surface area (Å²) in [5, 5.41) is 0. The van der Waals surface area contributed by atoms with Crippen molar-refractivity contribution in [3.05, 3.63) is 0 Å². The molecule has 2 rings (SSSR count). The van der Waals surface area contributed by atoms with E-state index in [2.05, 4.69) is 4.90 Å². The smallest absolute Gasteiger partial charge is 0.238 e.